The topological polar surface area (TPSA) is 81.2 Å². The van der Waals surface area contributed by atoms with Crippen LogP contribution in [-0.2, 0) is 6.61 Å². The van der Waals surface area contributed by atoms with E-state index in [0.29, 0.717) is 12.3 Å². The van der Waals surface area contributed by atoms with Crippen molar-refractivity contribution in [2.75, 3.05) is 5.43 Å². The number of hydrazone groups is 1. The average molecular weight is 352 g/mol. The molecule has 1 N–H and O–H groups in total. The zero-order valence-corrected chi connectivity index (χ0v) is 14.5. The maximum Gasteiger partial charge on any atom is 0.237 e. The Bertz CT molecular complexity index is 997. The molecule has 0 aliphatic carbocycles. The second-order valence-corrected chi connectivity index (χ2v) is 5.68. The monoisotopic (exact) mass is 352 g/mol. The molecule has 0 bridgehead atoms. The van der Waals surface area contributed by atoms with Crippen molar-refractivity contribution >= 4 is 11.4 Å². The van der Waals surface area contributed by atoms with Crippen LogP contribution in [0.3, 0.4) is 0 Å². The molecule has 27 heavy (non-hydrogen) atoms. The van der Waals surface area contributed by atoms with Gasteiger partial charge in [0.2, 0.25) is 5.71 Å². The van der Waals surface area contributed by atoms with Gasteiger partial charge in [-0.2, -0.15) is 15.6 Å². The molecule has 0 aliphatic heterocycles. The Labute approximate surface area is 157 Å². The summed E-state index contributed by atoms with van der Waals surface area (Å²) >= 11 is 0. The maximum absolute atomic E-state index is 8.72. The molecule has 0 aromatic heterocycles. The average Bonchev–Trinajstić information content (AvgIpc) is 2.74. The summed E-state index contributed by atoms with van der Waals surface area (Å²) < 4.78 is 5.80. The fourth-order valence-electron chi connectivity index (χ4n) is 2.45. The van der Waals surface area contributed by atoms with Crippen molar-refractivity contribution in [3.8, 4) is 29.0 Å². The van der Waals surface area contributed by atoms with Gasteiger partial charge in [-0.15, -0.1) is 0 Å². The van der Waals surface area contributed by atoms with Gasteiger partial charge in [-0.1, -0.05) is 54.6 Å². The Morgan fingerprint density at radius 1 is 0.852 bits per heavy atom. The van der Waals surface area contributed by atoms with E-state index >= 15 is 0 Å². The second kappa shape index (κ2) is 8.84. The van der Waals surface area contributed by atoms with E-state index in [1.54, 1.807) is 12.1 Å². The van der Waals surface area contributed by atoms with Crippen LogP contribution in [0.25, 0.3) is 11.1 Å². The molecule has 3 aromatic carbocycles. The molecule has 0 unspecified atom stereocenters. The van der Waals surface area contributed by atoms with Crippen LogP contribution in [0, 0.1) is 22.7 Å². The largest absolute Gasteiger partial charge is 0.489 e. The highest BCUT2D eigenvalue weighted by Crippen LogP contribution is 2.25. The lowest BCUT2D eigenvalue weighted by Crippen LogP contribution is -1.96. The summed E-state index contributed by atoms with van der Waals surface area (Å²) in [7, 11) is 0. The first-order chi connectivity index (χ1) is 13.3. The predicted molar refractivity (Wildman–Crippen MR) is 105 cm³/mol. The summed E-state index contributed by atoms with van der Waals surface area (Å²) in [6.07, 6.45) is 0. The van der Waals surface area contributed by atoms with Gasteiger partial charge in [-0.05, 0) is 41.0 Å². The van der Waals surface area contributed by atoms with Crippen molar-refractivity contribution in [1.82, 2.24) is 0 Å². The molecular weight excluding hydrogens is 336 g/mol. The van der Waals surface area contributed by atoms with E-state index in [9.17, 15) is 0 Å². The molecule has 0 fully saturated rings. The highest BCUT2D eigenvalue weighted by molar-refractivity contribution is 6.10. The Balaban J connectivity index is 1.68. The number of hydrogen-bond donors (Lipinski definition) is 1. The molecule has 0 aliphatic rings. The molecule has 0 amide bonds. The third-order valence-electron chi connectivity index (χ3n) is 3.81. The van der Waals surface area contributed by atoms with Gasteiger partial charge in [0.1, 0.15) is 24.5 Å². The van der Waals surface area contributed by atoms with Gasteiger partial charge >= 0.3 is 0 Å². The molecule has 130 valence electrons. The summed E-state index contributed by atoms with van der Waals surface area (Å²) in [5.41, 5.74) is 6.33. The van der Waals surface area contributed by atoms with Crippen LogP contribution in [0.2, 0.25) is 0 Å². The van der Waals surface area contributed by atoms with E-state index in [4.69, 9.17) is 15.3 Å². The number of anilines is 1. The number of rotatable bonds is 6. The predicted octanol–water partition coefficient (Wildman–Crippen LogP) is 4.75. The lowest BCUT2D eigenvalue weighted by molar-refractivity contribution is 0.306. The van der Waals surface area contributed by atoms with E-state index < -0.39 is 0 Å². The summed E-state index contributed by atoms with van der Waals surface area (Å²) in [6, 6.07) is 28.8. The SMILES string of the molecule is N#CC(C#N)=NNc1cccc(-c2ccc(OCc3ccccc3)cc2)c1. The number of nitriles is 2. The molecule has 0 saturated heterocycles. The number of hydrogen-bond acceptors (Lipinski definition) is 5. The third-order valence-corrected chi connectivity index (χ3v) is 3.81. The minimum absolute atomic E-state index is 0.222. The molecule has 0 saturated carbocycles. The Kier molecular flexibility index (Phi) is 5.81. The van der Waals surface area contributed by atoms with Gasteiger partial charge in [0.05, 0.1) is 5.69 Å². The maximum atomic E-state index is 8.72. The van der Waals surface area contributed by atoms with Gasteiger partial charge < -0.3 is 4.74 Å². The van der Waals surface area contributed by atoms with Crippen molar-refractivity contribution in [2.45, 2.75) is 6.61 Å². The van der Waals surface area contributed by atoms with E-state index in [1.165, 1.54) is 0 Å². The summed E-state index contributed by atoms with van der Waals surface area (Å²) in [4.78, 5) is 0. The number of nitrogens with zero attached hydrogens (tertiary/aromatic N) is 3. The highest BCUT2D eigenvalue weighted by atomic mass is 16.5. The fraction of sp³-hybridized carbons (Fsp3) is 0.0455. The molecule has 0 atom stereocenters. The van der Waals surface area contributed by atoms with Crippen LogP contribution in [-0.4, -0.2) is 5.71 Å². The van der Waals surface area contributed by atoms with Gasteiger partial charge in [0.15, 0.2) is 0 Å². The van der Waals surface area contributed by atoms with E-state index in [2.05, 4.69) is 10.5 Å². The van der Waals surface area contributed by atoms with Gasteiger partial charge in [-0.3, -0.25) is 5.43 Å². The zero-order chi connectivity index (χ0) is 18.9. The highest BCUT2D eigenvalue weighted by Gasteiger charge is 2.02. The summed E-state index contributed by atoms with van der Waals surface area (Å²) in [5.74, 6) is 0.800. The van der Waals surface area contributed by atoms with Crippen molar-refractivity contribution in [1.29, 1.82) is 10.5 Å². The Hall–Kier alpha value is -4.09. The molecule has 0 spiro atoms. The van der Waals surface area contributed by atoms with E-state index in [1.807, 2.05) is 78.9 Å². The zero-order valence-electron chi connectivity index (χ0n) is 14.5. The number of benzene rings is 3. The van der Waals surface area contributed by atoms with Crippen LogP contribution >= 0.6 is 0 Å². The second-order valence-electron chi connectivity index (χ2n) is 5.68. The Morgan fingerprint density at radius 3 is 2.30 bits per heavy atom. The van der Waals surface area contributed by atoms with E-state index in [-0.39, 0.29) is 5.71 Å². The lowest BCUT2D eigenvalue weighted by Gasteiger charge is -2.08. The standard InChI is InChI=1S/C22H16N4O/c23-14-21(15-24)26-25-20-8-4-7-19(13-20)18-9-11-22(12-10-18)27-16-17-5-2-1-3-6-17/h1-13,25H,16H2. The quantitative estimate of drug-likeness (QED) is 0.513. The molecular formula is C22H16N4O. The lowest BCUT2D eigenvalue weighted by atomic mass is 10.1. The van der Waals surface area contributed by atoms with E-state index in [0.717, 1.165) is 22.4 Å². The van der Waals surface area contributed by atoms with Crippen molar-refractivity contribution in [3.05, 3.63) is 84.4 Å². The van der Waals surface area contributed by atoms with Crippen molar-refractivity contribution in [2.24, 2.45) is 5.10 Å². The molecule has 0 radical (unpaired) electrons. The van der Waals surface area contributed by atoms with Crippen LogP contribution in [0.1, 0.15) is 5.56 Å². The molecule has 3 aromatic rings. The number of nitrogens with one attached hydrogen (secondary N) is 1. The molecule has 3 rings (SSSR count). The summed E-state index contributed by atoms with van der Waals surface area (Å²) in [6.45, 7) is 0.526. The van der Waals surface area contributed by atoms with Gasteiger partial charge in [-0.25, -0.2) is 0 Å². The van der Waals surface area contributed by atoms with Gasteiger partial charge in [0, 0.05) is 0 Å². The molecule has 5 nitrogen and oxygen atoms in total. The molecule has 5 heteroatoms. The van der Waals surface area contributed by atoms with Crippen LogP contribution in [0.5, 0.6) is 5.75 Å². The number of ether oxygens (including phenoxy) is 1. The minimum atomic E-state index is -0.222. The third kappa shape index (κ3) is 4.94. The summed E-state index contributed by atoms with van der Waals surface area (Å²) in [5, 5.41) is 21.2. The van der Waals surface area contributed by atoms with Crippen LogP contribution in [0.4, 0.5) is 5.69 Å². The first-order valence-electron chi connectivity index (χ1n) is 8.29. The van der Waals surface area contributed by atoms with Crippen LogP contribution in [0.15, 0.2) is 84.0 Å². The smallest absolute Gasteiger partial charge is 0.237 e. The van der Waals surface area contributed by atoms with Crippen molar-refractivity contribution in [3.63, 3.8) is 0 Å². The van der Waals surface area contributed by atoms with Crippen molar-refractivity contribution < 1.29 is 4.74 Å². The Morgan fingerprint density at radius 2 is 1.59 bits per heavy atom. The molecule has 0 heterocycles. The first kappa shape index (κ1) is 17.7. The first-order valence-corrected chi connectivity index (χ1v) is 8.29. The normalized spacial score (nSPS) is 9.56. The van der Waals surface area contributed by atoms with Gasteiger partial charge in [0.25, 0.3) is 0 Å². The minimum Gasteiger partial charge on any atom is -0.489 e. The fourth-order valence-corrected chi connectivity index (χ4v) is 2.45. The van der Waals surface area contributed by atoms with Crippen LogP contribution < -0.4 is 10.2 Å².